The Morgan fingerprint density at radius 1 is 1.27 bits per heavy atom. The van der Waals surface area contributed by atoms with Crippen molar-refractivity contribution in [2.24, 2.45) is 0 Å². The number of aromatic nitrogens is 1. The molecule has 2 aromatic rings. The predicted molar refractivity (Wildman–Crippen MR) is 103 cm³/mol. The van der Waals surface area contributed by atoms with Crippen LogP contribution >= 0.6 is 11.3 Å². The molecule has 136 valence electrons. The van der Waals surface area contributed by atoms with E-state index >= 15 is 0 Å². The molecule has 0 aliphatic carbocycles. The van der Waals surface area contributed by atoms with E-state index in [2.05, 4.69) is 24.1 Å². The lowest BCUT2D eigenvalue weighted by Crippen LogP contribution is -2.48. The molecule has 3 heterocycles. The number of amides is 2. The highest BCUT2D eigenvalue weighted by Crippen LogP contribution is 2.45. The van der Waals surface area contributed by atoms with Gasteiger partial charge in [0.2, 0.25) is 5.91 Å². The van der Waals surface area contributed by atoms with Gasteiger partial charge in [0, 0.05) is 24.7 Å². The number of carbonyl (C=O) groups excluding carboxylic acids is 2. The molecule has 0 saturated carbocycles. The van der Waals surface area contributed by atoms with Crippen molar-refractivity contribution in [1.82, 2.24) is 9.88 Å². The van der Waals surface area contributed by atoms with Crippen molar-refractivity contribution in [1.29, 1.82) is 0 Å². The van der Waals surface area contributed by atoms with Crippen molar-refractivity contribution in [3.8, 4) is 0 Å². The van der Waals surface area contributed by atoms with Crippen LogP contribution in [0.5, 0.6) is 0 Å². The van der Waals surface area contributed by atoms with Gasteiger partial charge in [-0.15, -0.1) is 11.3 Å². The first-order chi connectivity index (χ1) is 12.4. The number of nitrogens with zero attached hydrogens (tertiary/aromatic N) is 2. The third kappa shape index (κ3) is 2.55. The van der Waals surface area contributed by atoms with Crippen molar-refractivity contribution in [3.63, 3.8) is 0 Å². The number of benzene rings is 1. The van der Waals surface area contributed by atoms with Crippen LogP contribution in [0.4, 0.5) is 5.69 Å². The number of thiazole rings is 1. The first-order valence-electron chi connectivity index (χ1n) is 9.10. The second-order valence-electron chi connectivity index (χ2n) is 7.50. The number of piperidine rings is 1. The Labute approximate surface area is 157 Å². The van der Waals surface area contributed by atoms with Gasteiger partial charge >= 0.3 is 0 Å². The van der Waals surface area contributed by atoms with Gasteiger partial charge in [0.1, 0.15) is 4.88 Å². The maximum atomic E-state index is 13.0. The van der Waals surface area contributed by atoms with E-state index in [0.717, 1.165) is 26.8 Å². The fraction of sp³-hybridized carbons (Fsp3) is 0.450. The Balaban J connectivity index is 1.54. The van der Waals surface area contributed by atoms with Crippen LogP contribution in [0.15, 0.2) is 24.3 Å². The summed E-state index contributed by atoms with van der Waals surface area (Å²) in [4.78, 5) is 32.8. The molecule has 0 unspecified atom stereocenters. The van der Waals surface area contributed by atoms with E-state index in [0.29, 0.717) is 31.8 Å². The Hall–Kier alpha value is -2.21. The molecule has 2 aliphatic heterocycles. The molecule has 1 spiro atoms. The summed E-state index contributed by atoms with van der Waals surface area (Å²) >= 11 is 1.50. The SMILES string of the molecule is Cc1nc(C(C)C)sc1C(=O)N1CCC2(CC1)C(=O)Nc1ccccc12. The van der Waals surface area contributed by atoms with E-state index in [1.165, 1.54) is 11.3 Å². The largest absolute Gasteiger partial charge is 0.338 e. The lowest BCUT2D eigenvalue weighted by atomic mass is 9.73. The minimum Gasteiger partial charge on any atom is -0.338 e. The van der Waals surface area contributed by atoms with Crippen LogP contribution in [-0.2, 0) is 10.2 Å². The topological polar surface area (TPSA) is 62.3 Å². The molecule has 1 N–H and O–H groups in total. The summed E-state index contributed by atoms with van der Waals surface area (Å²) in [7, 11) is 0. The third-order valence-corrected chi connectivity index (χ3v) is 6.98. The van der Waals surface area contributed by atoms with E-state index in [-0.39, 0.29) is 11.8 Å². The lowest BCUT2D eigenvalue weighted by Gasteiger charge is -2.37. The average Bonchev–Trinajstić information content (AvgIpc) is 3.15. The first kappa shape index (κ1) is 17.2. The number of nitrogens with one attached hydrogen (secondary N) is 1. The van der Waals surface area contributed by atoms with Gasteiger partial charge < -0.3 is 10.2 Å². The summed E-state index contributed by atoms with van der Waals surface area (Å²) in [5.41, 5.74) is 2.32. The minimum atomic E-state index is -0.487. The number of aryl methyl sites for hydroxylation is 1. The molecule has 0 bridgehead atoms. The second kappa shape index (κ2) is 6.20. The lowest BCUT2D eigenvalue weighted by molar-refractivity contribution is -0.122. The highest BCUT2D eigenvalue weighted by atomic mass is 32.1. The quantitative estimate of drug-likeness (QED) is 0.878. The zero-order valence-corrected chi connectivity index (χ0v) is 16.2. The van der Waals surface area contributed by atoms with Crippen molar-refractivity contribution < 1.29 is 9.59 Å². The van der Waals surface area contributed by atoms with Crippen LogP contribution in [0.3, 0.4) is 0 Å². The monoisotopic (exact) mass is 369 g/mol. The van der Waals surface area contributed by atoms with Crippen LogP contribution in [0.1, 0.15) is 58.5 Å². The molecule has 2 amide bonds. The molecule has 1 aromatic heterocycles. The standard InChI is InChI=1S/C20H23N3O2S/c1-12(2)17-21-13(3)16(26-17)18(24)23-10-8-20(9-11-23)14-6-4-5-7-15(14)22-19(20)25/h4-7,12H,8-11H2,1-3H3,(H,22,25). The summed E-state index contributed by atoms with van der Waals surface area (Å²) < 4.78 is 0. The van der Waals surface area contributed by atoms with Crippen molar-refractivity contribution >= 4 is 28.8 Å². The fourth-order valence-corrected chi connectivity index (χ4v) is 5.01. The smallest absolute Gasteiger partial charge is 0.265 e. The number of anilines is 1. The highest BCUT2D eigenvalue weighted by molar-refractivity contribution is 7.13. The third-order valence-electron chi connectivity index (χ3n) is 5.53. The van der Waals surface area contributed by atoms with Gasteiger partial charge in [0.15, 0.2) is 0 Å². The van der Waals surface area contributed by atoms with Crippen molar-refractivity contribution in [2.45, 2.75) is 44.9 Å². The molecule has 4 rings (SSSR count). The Bertz CT molecular complexity index is 879. The van der Waals surface area contributed by atoms with Crippen molar-refractivity contribution in [2.75, 3.05) is 18.4 Å². The van der Waals surface area contributed by atoms with Gasteiger partial charge in [-0.3, -0.25) is 9.59 Å². The molecule has 1 fully saturated rings. The molecule has 1 saturated heterocycles. The molecule has 1 aromatic carbocycles. The normalized spacial score (nSPS) is 18.3. The van der Waals surface area contributed by atoms with E-state index in [1.807, 2.05) is 36.1 Å². The van der Waals surface area contributed by atoms with Crippen LogP contribution in [0.2, 0.25) is 0 Å². The number of likely N-dealkylation sites (tertiary alicyclic amines) is 1. The van der Waals surface area contributed by atoms with E-state index in [1.54, 1.807) is 0 Å². The molecule has 2 aliphatic rings. The zero-order chi connectivity index (χ0) is 18.5. The number of hydrogen-bond acceptors (Lipinski definition) is 4. The van der Waals surface area contributed by atoms with E-state index in [9.17, 15) is 9.59 Å². The highest BCUT2D eigenvalue weighted by Gasteiger charge is 2.48. The maximum Gasteiger partial charge on any atom is 0.265 e. The fourth-order valence-electron chi connectivity index (χ4n) is 3.97. The Morgan fingerprint density at radius 3 is 2.62 bits per heavy atom. The Kier molecular flexibility index (Phi) is 4.10. The van der Waals surface area contributed by atoms with Crippen LogP contribution in [0.25, 0.3) is 0 Å². The molecule has 0 radical (unpaired) electrons. The predicted octanol–water partition coefficient (Wildman–Crippen LogP) is 3.70. The van der Waals surface area contributed by atoms with Gasteiger partial charge in [-0.25, -0.2) is 4.98 Å². The number of carbonyl (C=O) groups is 2. The van der Waals surface area contributed by atoms with Gasteiger partial charge in [-0.2, -0.15) is 0 Å². The average molecular weight is 369 g/mol. The van der Waals surface area contributed by atoms with Gasteiger partial charge in [-0.05, 0) is 31.4 Å². The summed E-state index contributed by atoms with van der Waals surface area (Å²) in [6.07, 6.45) is 1.33. The van der Waals surface area contributed by atoms with E-state index in [4.69, 9.17) is 0 Å². The molecule has 6 heteroatoms. The number of hydrogen-bond donors (Lipinski definition) is 1. The molecule has 26 heavy (non-hydrogen) atoms. The summed E-state index contributed by atoms with van der Waals surface area (Å²) in [5.74, 6) is 0.443. The molecule has 0 atom stereocenters. The second-order valence-corrected chi connectivity index (χ2v) is 8.53. The number of para-hydroxylation sites is 1. The molecular formula is C20H23N3O2S. The zero-order valence-electron chi connectivity index (χ0n) is 15.3. The number of rotatable bonds is 2. The Morgan fingerprint density at radius 2 is 1.96 bits per heavy atom. The maximum absolute atomic E-state index is 13.0. The number of fused-ring (bicyclic) bond motifs is 2. The van der Waals surface area contributed by atoms with Gasteiger partial charge in [-0.1, -0.05) is 32.0 Å². The minimum absolute atomic E-state index is 0.0495. The molecule has 5 nitrogen and oxygen atoms in total. The first-order valence-corrected chi connectivity index (χ1v) is 9.91. The summed E-state index contributed by atoms with van der Waals surface area (Å²) in [6.45, 7) is 7.27. The van der Waals surface area contributed by atoms with Crippen LogP contribution in [0, 0.1) is 6.92 Å². The van der Waals surface area contributed by atoms with Gasteiger partial charge in [0.25, 0.3) is 5.91 Å². The summed E-state index contributed by atoms with van der Waals surface area (Å²) in [6, 6.07) is 7.91. The summed E-state index contributed by atoms with van der Waals surface area (Å²) in [5, 5.41) is 4.01. The van der Waals surface area contributed by atoms with Crippen LogP contribution < -0.4 is 5.32 Å². The van der Waals surface area contributed by atoms with E-state index < -0.39 is 5.41 Å². The molecular weight excluding hydrogens is 346 g/mol. The van der Waals surface area contributed by atoms with Crippen molar-refractivity contribution in [3.05, 3.63) is 45.4 Å². The van der Waals surface area contributed by atoms with Gasteiger partial charge in [0.05, 0.1) is 16.1 Å². The van der Waals surface area contributed by atoms with Crippen LogP contribution in [-0.4, -0.2) is 34.8 Å².